The molecule has 1 fully saturated rings. The van der Waals surface area contributed by atoms with Gasteiger partial charge in [0.2, 0.25) is 0 Å². The van der Waals surface area contributed by atoms with Gasteiger partial charge in [0.25, 0.3) is 0 Å². The third-order valence-electron chi connectivity index (χ3n) is 6.14. The average Bonchev–Trinajstić information content (AvgIpc) is 2.77. The summed E-state index contributed by atoms with van der Waals surface area (Å²) >= 11 is 0. The predicted molar refractivity (Wildman–Crippen MR) is 123 cm³/mol. The van der Waals surface area contributed by atoms with Crippen molar-refractivity contribution in [3.8, 4) is 11.5 Å². The van der Waals surface area contributed by atoms with Gasteiger partial charge in [-0.25, -0.2) is 0 Å². The van der Waals surface area contributed by atoms with Crippen LogP contribution in [-0.4, -0.2) is 80.2 Å². The van der Waals surface area contributed by atoms with Crippen molar-refractivity contribution in [2.45, 2.75) is 25.5 Å². The van der Waals surface area contributed by atoms with Gasteiger partial charge in [0, 0.05) is 37.2 Å². The van der Waals surface area contributed by atoms with Crippen LogP contribution in [0.4, 0.5) is 0 Å². The van der Waals surface area contributed by atoms with E-state index in [1.807, 2.05) is 44.4 Å². The maximum atomic E-state index is 10.8. The highest BCUT2D eigenvalue weighted by atomic mass is 16.5. The molecule has 0 aliphatic carbocycles. The third kappa shape index (κ3) is 5.98. The summed E-state index contributed by atoms with van der Waals surface area (Å²) in [4.78, 5) is 4.39. The van der Waals surface area contributed by atoms with Crippen LogP contribution in [0.15, 0.2) is 48.5 Å². The SMILES string of the molecule is COc1cccc(CN2CC[C@@H](O)[C@@](CO)(Cc3ccccc3)C2)c1OCCN(C)C. The number of ether oxygens (including phenoxy) is 2. The summed E-state index contributed by atoms with van der Waals surface area (Å²) in [5.41, 5.74) is 1.61. The molecule has 2 aromatic carbocycles. The Hall–Kier alpha value is -2.12. The molecular formula is C25H36N2O4. The van der Waals surface area contributed by atoms with Crippen molar-refractivity contribution < 1.29 is 19.7 Å². The fraction of sp³-hybridized carbons (Fsp3) is 0.520. The highest BCUT2D eigenvalue weighted by Crippen LogP contribution is 2.37. The number of likely N-dealkylation sites (tertiary alicyclic amines) is 1. The van der Waals surface area contributed by atoms with Crippen LogP contribution < -0.4 is 9.47 Å². The van der Waals surface area contributed by atoms with Gasteiger partial charge in [-0.05, 0) is 38.6 Å². The van der Waals surface area contributed by atoms with E-state index in [4.69, 9.17) is 9.47 Å². The van der Waals surface area contributed by atoms with Crippen LogP contribution in [0.3, 0.4) is 0 Å². The second-order valence-electron chi connectivity index (χ2n) is 8.80. The van der Waals surface area contributed by atoms with Gasteiger partial charge in [-0.15, -0.1) is 0 Å². The van der Waals surface area contributed by atoms with Gasteiger partial charge in [-0.1, -0.05) is 42.5 Å². The number of hydrogen-bond acceptors (Lipinski definition) is 6. The lowest BCUT2D eigenvalue weighted by atomic mass is 9.73. The van der Waals surface area contributed by atoms with Crippen molar-refractivity contribution in [1.29, 1.82) is 0 Å². The van der Waals surface area contributed by atoms with Gasteiger partial charge in [0.1, 0.15) is 6.61 Å². The van der Waals surface area contributed by atoms with Crippen LogP contribution in [0, 0.1) is 5.41 Å². The smallest absolute Gasteiger partial charge is 0.165 e. The normalized spacial score (nSPS) is 21.9. The van der Waals surface area contributed by atoms with E-state index >= 15 is 0 Å². The van der Waals surface area contributed by atoms with Gasteiger partial charge >= 0.3 is 0 Å². The maximum absolute atomic E-state index is 10.8. The first-order valence-electron chi connectivity index (χ1n) is 11.0. The lowest BCUT2D eigenvalue weighted by Gasteiger charge is -2.45. The molecule has 0 bridgehead atoms. The van der Waals surface area contributed by atoms with Crippen molar-refractivity contribution in [2.24, 2.45) is 5.41 Å². The van der Waals surface area contributed by atoms with Crippen molar-refractivity contribution in [1.82, 2.24) is 9.80 Å². The Bertz CT molecular complexity index is 814. The van der Waals surface area contributed by atoms with Gasteiger partial charge in [-0.3, -0.25) is 4.90 Å². The molecule has 2 atom stereocenters. The molecule has 1 saturated heterocycles. The quantitative estimate of drug-likeness (QED) is 0.606. The van der Waals surface area contributed by atoms with Crippen LogP contribution in [-0.2, 0) is 13.0 Å². The minimum Gasteiger partial charge on any atom is -0.493 e. The summed E-state index contributed by atoms with van der Waals surface area (Å²) in [6, 6.07) is 16.1. The predicted octanol–water partition coefficient (Wildman–Crippen LogP) is 2.42. The number of likely N-dealkylation sites (N-methyl/N-ethyl adjacent to an activating group) is 1. The summed E-state index contributed by atoms with van der Waals surface area (Å²) in [6.45, 7) is 3.41. The summed E-state index contributed by atoms with van der Waals surface area (Å²) in [6.07, 6.45) is 0.746. The van der Waals surface area contributed by atoms with E-state index in [1.165, 1.54) is 0 Å². The van der Waals surface area contributed by atoms with Crippen LogP contribution in [0.25, 0.3) is 0 Å². The van der Waals surface area contributed by atoms with E-state index in [2.05, 4.69) is 28.0 Å². The van der Waals surface area contributed by atoms with Gasteiger partial charge < -0.3 is 24.6 Å². The van der Waals surface area contributed by atoms with Crippen molar-refractivity contribution in [3.63, 3.8) is 0 Å². The van der Waals surface area contributed by atoms with Crippen LogP contribution in [0.1, 0.15) is 17.5 Å². The number of aliphatic hydroxyl groups excluding tert-OH is 2. The van der Waals surface area contributed by atoms with E-state index in [1.54, 1.807) is 7.11 Å². The molecule has 31 heavy (non-hydrogen) atoms. The Labute approximate surface area is 186 Å². The van der Waals surface area contributed by atoms with Crippen molar-refractivity contribution >= 4 is 0 Å². The first-order chi connectivity index (χ1) is 15.0. The molecule has 0 saturated carbocycles. The zero-order valence-corrected chi connectivity index (χ0v) is 19.0. The maximum Gasteiger partial charge on any atom is 0.165 e. The number of nitrogens with zero attached hydrogens (tertiary/aromatic N) is 2. The van der Waals surface area contributed by atoms with E-state index in [-0.39, 0.29) is 6.61 Å². The fourth-order valence-corrected chi connectivity index (χ4v) is 4.34. The van der Waals surface area contributed by atoms with Gasteiger partial charge in [0.05, 0.1) is 19.8 Å². The molecule has 170 valence electrons. The standard InChI is InChI=1S/C25H36N2O4/c1-26(2)14-15-31-24-21(10-7-11-22(24)30-3)17-27-13-12-23(29)25(18-27,19-28)16-20-8-5-4-6-9-20/h4-11,23,28-29H,12-19H2,1-3H3/t23-,25+/m1/s1. The molecule has 0 radical (unpaired) electrons. The molecule has 6 heteroatoms. The Morgan fingerprint density at radius 1 is 1.13 bits per heavy atom. The second-order valence-corrected chi connectivity index (χ2v) is 8.80. The molecule has 1 heterocycles. The second kappa shape index (κ2) is 11.0. The minimum atomic E-state index is -0.579. The zero-order chi connectivity index (χ0) is 22.3. The molecule has 0 aromatic heterocycles. The van der Waals surface area contributed by atoms with E-state index in [9.17, 15) is 10.2 Å². The van der Waals surface area contributed by atoms with Crippen molar-refractivity contribution in [2.75, 3.05) is 54.1 Å². The van der Waals surface area contributed by atoms with E-state index in [0.717, 1.165) is 35.7 Å². The minimum absolute atomic E-state index is 0.0517. The van der Waals surface area contributed by atoms with Gasteiger partial charge in [-0.2, -0.15) is 0 Å². The lowest BCUT2D eigenvalue weighted by Crippen LogP contribution is -2.54. The monoisotopic (exact) mass is 428 g/mol. The topological polar surface area (TPSA) is 65.4 Å². The molecule has 2 aromatic rings. The van der Waals surface area contributed by atoms with Crippen molar-refractivity contribution in [3.05, 3.63) is 59.7 Å². The third-order valence-corrected chi connectivity index (χ3v) is 6.14. The Morgan fingerprint density at radius 3 is 2.58 bits per heavy atom. The zero-order valence-electron chi connectivity index (χ0n) is 19.0. The van der Waals surface area contributed by atoms with E-state index < -0.39 is 11.5 Å². The highest BCUT2D eigenvalue weighted by Gasteiger charge is 2.42. The average molecular weight is 429 g/mol. The number of piperidine rings is 1. The Kier molecular flexibility index (Phi) is 8.32. The molecule has 0 amide bonds. The first kappa shape index (κ1) is 23.5. The highest BCUT2D eigenvalue weighted by molar-refractivity contribution is 5.46. The van der Waals surface area contributed by atoms with Crippen LogP contribution in [0.5, 0.6) is 11.5 Å². The molecule has 0 spiro atoms. The fourth-order valence-electron chi connectivity index (χ4n) is 4.34. The number of aliphatic hydroxyl groups is 2. The molecular weight excluding hydrogens is 392 g/mol. The van der Waals surface area contributed by atoms with Crippen LogP contribution >= 0.6 is 0 Å². The Morgan fingerprint density at radius 2 is 1.90 bits per heavy atom. The molecule has 2 N–H and O–H groups in total. The lowest BCUT2D eigenvalue weighted by molar-refractivity contribution is -0.0769. The number of methoxy groups -OCH3 is 1. The summed E-state index contributed by atoms with van der Waals surface area (Å²) in [5, 5.41) is 21.2. The number of hydrogen-bond donors (Lipinski definition) is 2. The molecule has 1 aliphatic heterocycles. The number of rotatable bonds is 10. The summed E-state index contributed by atoms with van der Waals surface area (Å²) < 4.78 is 11.7. The summed E-state index contributed by atoms with van der Waals surface area (Å²) in [7, 11) is 5.70. The van der Waals surface area contributed by atoms with Gasteiger partial charge in [0.15, 0.2) is 11.5 Å². The largest absolute Gasteiger partial charge is 0.493 e. The van der Waals surface area contributed by atoms with E-state index in [0.29, 0.717) is 32.5 Å². The first-order valence-corrected chi connectivity index (χ1v) is 11.0. The Balaban J connectivity index is 1.77. The number of para-hydroxylation sites is 1. The molecule has 3 rings (SSSR count). The summed E-state index contributed by atoms with van der Waals surface area (Å²) in [5.74, 6) is 1.50. The molecule has 6 nitrogen and oxygen atoms in total. The van der Waals surface area contributed by atoms with Crippen LogP contribution in [0.2, 0.25) is 0 Å². The number of benzene rings is 2. The molecule has 0 unspecified atom stereocenters. The molecule has 1 aliphatic rings.